The normalized spacial score (nSPS) is 13.0. The van der Waals surface area contributed by atoms with E-state index in [2.05, 4.69) is 26.1 Å². The number of hydrogen-bond donors (Lipinski definition) is 2. The Bertz CT molecular complexity index is 638. The molecule has 3 nitrogen and oxygen atoms in total. The minimum Gasteiger partial charge on any atom is -0.386 e. The molecule has 2 rings (SSSR count). The van der Waals surface area contributed by atoms with E-state index in [9.17, 15) is 9.90 Å². The zero-order valence-corrected chi connectivity index (χ0v) is 14.3. The number of aliphatic hydroxyl groups excluding tert-OH is 1. The summed E-state index contributed by atoms with van der Waals surface area (Å²) in [7, 11) is 0. The van der Waals surface area contributed by atoms with Crippen LogP contribution in [-0.4, -0.2) is 17.6 Å². The van der Waals surface area contributed by atoms with E-state index in [1.807, 2.05) is 42.6 Å². The lowest BCUT2D eigenvalue weighted by molar-refractivity contribution is 0.0917. The third kappa shape index (κ3) is 3.96. The summed E-state index contributed by atoms with van der Waals surface area (Å²) in [4.78, 5) is 13.1. The standard InChI is InChI=1S/C18H23NO2S/c1-12-9-10-22-16(12)15(20)11-19-17(21)13-5-7-14(8-6-13)18(2,3)4/h5-10,15,20H,11H2,1-4H3,(H,19,21). The Balaban J connectivity index is 1.96. The SMILES string of the molecule is Cc1ccsc1C(O)CNC(=O)c1ccc(C(C)(C)C)cc1. The van der Waals surface area contributed by atoms with Crippen molar-refractivity contribution >= 4 is 17.2 Å². The van der Waals surface area contributed by atoms with Gasteiger partial charge in [0.2, 0.25) is 0 Å². The van der Waals surface area contributed by atoms with Crippen LogP contribution in [0.3, 0.4) is 0 Å². The quantitative estimate of drug-likeness (QED) is 0.900. The highest BCUT2D eigenvalue weighted by Gasteiger charge is 2.16. The Morgan fingerprint density at radius 2 is 1.86 bits per heavy atom. The first kappa shape index (κ1) is 16.7. The van der Waals surface area contributed by atoms with Crippen LogP contribution < -0.4 is 5.32 Å². The fourth-order valence-electron chi connectivity index (χ4n) is 2.23. The highest BCUT2D eigenvalue weighted by molar-refractivity contribution is 7.10. The van der Waals surface area contributed by atoms with Crippen molar-refractivity contribution in [3.05, 3.63) is 57.3 Å². The number of thiophene rings is 1. The van der Waals surface area contributed by atoms with Gasteiger partial charge < -0.3 is 10.4 Å². The van der Waals surface area contributed by atoms with Gasteiger partial charge in [-0.3, -0.25) is 4.79 Å². The van der Waals surface area contributed by atoms with E-state index in [1.165, 1.54) is 16.9 Å². The van der Waals surface area contributed by atoms with Crippen molar-refractivity contribution in [1.29, 1.82) is 0 Å². The number of benzene rings is 1. The van der Waals surface area contributed by atoms with Gasteiger partial charge in [0.1, 0.15) is 6.10 Å². The third-order valence-electron chi connectivity index (χ3n) is 3.67. The molecule has 0 saturated carbocycles. The molecular formula is C18H23NO2S. The van der Waals surface area contributed by atoms with Gasteiger partial charge in [-0.25, -0.2) is 0 Å². The predicted molar refractivity (Wildman–Crippen MR) is 91.5 cm³/mol. The molecule has 1 amide bonds. The summed E-state index contributed by atoms with van der Waals surface area (Å²) in [5.74, 6) is -0.159. The number of aliphatic hydroxyl groups is 1. The smallest absolute Gasteiger partial charge is 0.251 e. The molecule has 0 spiro atoms. The summed E-state index contributed by atoms with van der Waals surface area (Å²) in [6.45, 7) is 8.61. The van der Waals surface area contributed by atoms with Crippen LogP contribution in [0.15, 0.2) is 35.7 Å². The highest BCUT2D eigenvalue weighted by Crippen LogP contribution is 2.24. The second kappa shape index (κ2) is 6.63. The van der Waals surface area contributed by atoms with Gasteiger partial charge in [-0.1, -0.05) is 32.9 Å². The molecule has 1 unspecified atom stereocenters. The maximum Gasteiger partial charge on any atom is 0.251 e. The molecule has 1 aromatic carbocycles. The Hall–Kier alpha value is -1.65. The van der Waals surface area contributed by atoms with Gasteiger partial charge in [0.05, 0.1) is 0 Å². The van der Waals surface area contributed by atoms with E-state index in [0.29, 0.717) is 5.56 Å². The third-order valence-corrected chi connectivity index (χ3v) is 4.79. The summed E-state index contributed by atoms with van der Waals surface area (Å²) in [5, 5.41) is 14.9. The number of rotatable bonds is 4. The van der Waals surface area contributed by atoms with Crippen molar-refractivity contribution < 1.29 is 9.90 Å². The lowest BCUT2D eigenvalue weighted by Gasteiger charge is -2.19. The molecule has 2 N–H and O–H groups in total. The van der Waals surface area contributed by atoms with Gasteiger partial charge >= 0.3 is 0 Å². The molecule has 1 aromatic heterocycles. The predicted octanol–water partition coefficient (Wildman–Crippen LogP) is 3.82. The number of amides is 1. The first-order chi connectivity index (χ1) is 10.3. The van der Waals surface area contributed by atoms with Gasteiger partial charge in [-0.2, -0.15) is 0 Å². The first-order valence-electron chi connectivity index (χ1n) is 7.40. The largest absolute Gasteiger partial charge is 0.386 e. The van der Waals surface area contributed by atoms with Gasteiger partial charge in [-0.15, -0.1) is 11.3 Å². The van der Waals surface area contributed by atoms with Crippen molar-refractivity contribution in [2.45, 2.75) is 39.2 Å². The van der Waals surface area contributed by atoms with E-state index < -0.39 is 6.10 Å². The van der Waals surface area contributed by atoms with Crippen LogP contribution in [0.1, 0.15) is 53.2 Å². The minimum atomic E-state index is -0.655. The van der Waals surface area contributed by atoms with Crippen molar-refractivity contribution in [2.24, 2.45) is 0 Å². The van der Waals surface area contributed by atoms with E-state index in [-0.39, 0.29) is 17.9 Å². The van der Waals surface area contributed by atoms with Gasteiger partial charge in [0.25, 0.3) is 5.91 Å². The molecular weight excluding hydrogens is 294 g/mol. The van der Waals surface area contributed by atoms with Gasteiger partial charge in [0.15, 0.2) is 0 Å². The second-order valence-electron chi connectivity index (χ2n) is 6.52. The topological polar surface area (TPSA) is 49.3 Å². The van der Waals surface area contributed by atoms with Crippen molar-refractivity contribution in [2.75, 3.05) is 6.54 Å². The van der Waals surface area contributed by atoms with Crippen molar-refractivity contribution in [3.63, 3.8) is 0 Å². The molecule has 2 aromatic rings. The summed E-state index contributed by atoms with van der Waals surface area (Å²) in [5.41, 5.74) is 2.93. The minimum absolute atomic E-state index is 0.0713. The van der Waals surface area contributed by atoms with Crippen LogP contribution in [0.25, 0.3) is 0 Å². The molecule has 1 heterocycles. The van der Waals surface area contributed by atoms with Crippen LogP contribution in [0.2, 0.25) is 0 Å². The van der Waals surface area contributed by atoms with Gasteiger partial charge in [-0.05, 0) is 47.0 Å². The maximum atomic E-state index is 12.1. The lowest BCUT2D eigenvalue weighted by Crippen LogP contribution is -2.28. The van der Waals surface area contributed by atoms with Crippen LogP contribution in [0.4, 0.5) is 0 Å². The molecule has 118 valence electrons. The monoisotopic (exact) mass is 317 g/mol. The average Bonchev–Trinajstić information content (AvgIpc) is 2.90. The summed E-state index contributed by atoms with van der Waals surface area (Å²) < 4.78 is 0. The fourth-order valence-corrected chi connectivity index (χ4v) is 3.14. The van der Waals surface area contributed by atoms with Crippen LogP contribution in [0, 0.1) is 6.92 Å². The van der Waals surface area contributed by atoms with E-state index >= 15 is 0 Å². The van der Waals surface area contributed by atoms with Crippen LogP contribution >= 0.6 is 11.3 Å². The van der Waals surface area contributed by atoms with Crippen LogP contribution in [0.5, 0.6) is 0 Å². The van der Waals surface area contributed by atoms with E-state index in [1.54, 1.807) is 0 Å². The Kier molecular flexibility index (Phi) is 5.04. The maximum absolute atomic E-state index is 12.1. The number of nitrogens with one attached hydrogen (secondary N) is 1. The number of carbonyl (C=O) groups is 1. The zero-order chi connectivity index (χ0) is 16.3. The molecule has 0 aliphatic heterocycles. The summed E-state index contributed by atoms with van der Waals surface area (Å²) in [6, 6.07) is 9.59. The van der Waals surface area contributed by atoms with E-state index in [0.717, 1.165) is 10.4 Å². The number of carbonyl (C=O) groups excluding carboxylic acids is 1. The number of aryl methyl sites for hydroxylation is 1. The van der Waals surface area contributed by atoms with Gasteiger partial charge in [0, 0.05) is 17.0 Å². The lowest BCUT2D eigenvalue weighted by atomic mass is 9.87. The summed E-state index contributed by atoms with van der Waals surface area (Å²) in [6.07, 6.45) is -0.655. The average molecular weight is 317 g/mol. The van der Waals surface area contributed by atoms with E-state index in [4.69, 9.17) is 0 Å². The Labute approximate surface area is 136 Å². The molecule has 1 atom stereocenters. The first-order valence-corrected chi connectivity index (χ1v) is 8.28. The zero-order valence-electron chi connectivity index (χ0n) is 13.5. The second-order valence-corrected chi connectivity index (χ2v) is 7.47. The highest BCUT2D eigenvalue weighted by atomic mass is 32.1. The molecule has 0 bridgehead atoms. The fraction of sp³-hybridized carbons (Fsp3) is 0.389. The van der Waals surface area contributed by atoms with Crippen molar-refractivity contribution in [1.82, 2.24) is 5.32 Å². The molecule has 0 aliphatic rings. The molecule has 0 fully saturated rings. The summed E-state index contributed by atoms with van der Waals surface area (Å²) >= 11 is 1.51. The van der Waals surface area contributed by atoms with Crippen molar-refractivity contribution in [3.8, 4) is 0 Å². The van der Waals surface area contributed by atoms with Crippen LogP contribution in [-0.2, 0) is 5.41 Å². The number of hydrogen-bond acceptors (Lipinski definition) is 3. The molecule has 22 heavy (non-hydrogen) atoms. The molecule has 0 saturated heterocycles. The molecule has 4 heteroatoms. The Morgan fingerprint density at radius 3 is 2.36 bits per heavy atom. The molecule has 0 radical (unpaired) electrons. The Morgan fingerprint density at radius 1 is 1.23 bits per heavy atom. The molecule has 0 aliphatic carbocycles.